The van der Waals surface area contributed by atoms with Crippen molar-refractivity contribution in [3.8, 4) is 5.75 Å². The molecular formula is C25H30O4. The highest BCUT2D eigenvalue weighted by Crippen LogP contribution is 2.26. The van der Waals surface area contributed by atoms with Gasteiger partial charge in [-0.3, -0.25) is 4.79 Å². The number of carbonyl (C=O) groups is 1. The molecule has 0 bridgehead atoms. The number of rotatable bonds is 9. The third-order valence-electron chi connectivity index (χ3n) is 4.97. The lowest BCUT2D eigenvalue weighted by Gasteiger charge is -2.23. The maximum absolute atomic E-state index is 12.1. The van der Waals surface area contributed by atoms with Crippen LogP contribution in [0.5, 0.6) is 5.75 Å². The van der Waals surface area contributed by atoms with E-state index in [0.717, 1.165) is 43.6 Å². The molecule has 4 nitrogen and oxygen atoms in total. The number of esters is 1. The minimum Gasteiger partial charge on any atom is -0.466 e. The highest BCUT2D eigenvalue weighted by molar-refractivity contribution is 5.71. The fourth-order valence-electron chi connectivity index (χ4n) is 3.43. The van der Waals surface area contributed by atoms with Gasteiger partial charge >= 0.3 is 5.97 Å². The van der Waals surface area contributed by atoms with Crippen LogP contribution >= 0.6 is 0 Å². The molecule has 1 fully saturated rings. The van der Waals surface area contributed by atoms with Crippen molar-refractivity contribution in [2.24, 2.45) is 0 Å². The summed E-state index contributed by atoms with van der Waals surface area (Å²) in [5, 5.41) is 0. The van der Waals surface area contributed by atoms with E-state index in [1.807, 2.05) is 49.4 Å². The maximum atomic E-state index is 12.1. The van der Waals surface area contributed by atoms with Gasteiger partial charge in [-0.25, -0.2) is 0 Å². The molecule has 2 aromatic rings. The summed E-state index contributed by atoms with van der Waals surface area (Å²) in [4.78, 5) is 12.1. The van der Waals surface area contributed by atoms with Crippen LogP contribution in [0.25, 0.3) is 0 Å². The third kappa shape index (κ3) is 7.06. The summed E-state index contributed by atoms with van der Waals surface area (Å²) in [6.45, 7) is 2.99. The second kappa shape index (κ2) is 11.4. The normalized spacial score (nSPS) is 17.8. The average Bonchev–Trinajstić information content (AvgIpc) is 2.75. The minimum atomic E-state index is -0.183. The van der Waals surface area contributed by atoms with Crippen LogP contribution in [0.3, 0.4) is 0 Å². The number of benzene rings is 2. The van der Waals surface area contributed by atoms with E-state index in [2.05, 4.69) is 24.3 Å². The van der Waals surface area contributed by atoms with Crippen molar-refractivity contribution in [1.29, 1.82) is 0 Å². The zero-order valence-corrected chi connectivity index (χ0v) is 17.1. The van der Waals surface area contributed by atoms with Crippen molar-refractivity contribution in [1.82, 2.24) is 0 Å². The van der Waals surface area contributed by atoms with Gasteiger partial charge in [0, 0.05) is 12.3 Å². The molecule has 1 aliphatic heterocycles. The van der Waals surface area contributed by atoms with Gasteiger partial charge in [0.05, 0.1) is 19.6 Å². The molecule has 1 saturated heterocycles. The molecule has 1 unspecified atom stereocenters. The first-order chi connectivity index (χ1) is 14.2. The SMILES string of the molecule is CCOC(=O)C[C@H](/C=C/Cc1ccccc1)c1ccc(OC2CCCCO2)cc1. The highest BCUT2D eigenvalue weighted by atomic mass is 16.7. The van der Waals surface area contributed by atoms with Crippen LogP contribution in [-0.4, -0.2) is 25.5 Å². The molecule has 0 saturated carbocycles. The van der Waals surface area contributed by atoms with Gasteiger partial charge in [0.25, 0.3) is 0 Å². The number of ether oxygens (including phenoxy) is 3. The van der Waals surface area contributed by atoms with Gasteiger partial charge in [-0.2, -0.15) is 0 Å². The molecule has 1 aliphatic rings. The van der Waals surface area contributed by atoms with E-state index in [-0.39, 0.29) is 18.2 Å². The van der Waals surface area contributed by atoms with Crippen molar-refractivity contribution in [2.45, 2.75) is 51.2 Å². The summed E-state index contributed by atoms with van der Waals surface area (Å²) in [6, 6.07) is 18.2. The Morgan fingerprint density at radius 2 is 1.93 bits per heavy atom. The molecule has 4 heteroatoms. The van der Waals surface area contributed by atoms with Gasteiger partial charge < -0.3 is 14.2 Å². The van der Waals surface area contributed by atoms with E-state index < -0.39 is 0 Å². The Hall–Kier alpha value is -2.59. The van der Waals surface area contributed by atoms with Crippen LogP contribution in [-0.2, 0) is 20.7 Å². The Morgan fingerprint density at radius 1 is 1.14 bits per heavy atom. The van der Waals surface area contributed by atoms with Crippen molar-refractivity contribution in [2.75, 3.05) is 13.2 Å². The predicted molar refractivity (Wildman–Crippen MR) is 114 cm³/mol. The van der Waals surface area contributed by atoms with Crippen molar-refractivity contribution < 1.29 is 19.0 Å². The summed E-state index contributed by atoms with van der Waals surface area (Å²) in [7, 11) is 0. The van der Waals surface area contributed by atoms with E-state index in [0.29, 0.717) is 13.0 Å². The number of allylic oxidation sites excluding steroid dienone is 2. The minimum absolute atomic E-state index is 0.0299. The lowest BCUT2D eigenvalue weighted by Crippen LogP contribution is -2.24. The van der Waals surface area contributed by atoms with Crippen LogP contribution in [0.4, 0.5) is 0 Å². The van der Waals surface area contributed by atoms with Gasteiger partial charge in [0.2, 0.25) is 0 Å². The molecule has 29 heavy (non-hydrogen) atoms. The van der Waals surface area contributed by atoms with Crippen molar-refractivity contribution in [3.63, 3.8) is 0 Å². The zero-order valence-electron chi connectivity index (χ0n) is 17.1. The Kier molecular flexibility index (Phi) is 8.32. The van der Waals surface area contributed by atoms with E-state index in [1.165, 1.54) is 5.56 Å². The standard InChI is InChI=1S/C25H30O4/c1-2-27-24(26)19-22(12-8-11-20-9-4-3-5-10-20)21-14-16-23(17-15-21)29-25-13-6-7-18-28-25/h3-5,8-10,12,14-17,22,25H,2,6-7,11,13,18-19H2,1H3/b12-8+/t22-,25?/m0/s1. The third-order valence-corrected chi connectivity index (χ3v) is 4.97. The summed E-state index contributed by atoms with van der Waals surface area (Å²) >= 11 is 0. The monoisotopic (exact) mass is 394 g/mol. The van der Waals surface area contributed by atoms with Gasteiger partial charge in [-0.05, 0) is 49.4 Å². The van der Waals surface area contributed by atoms with E-state index in [1.54, 1.807) is 0 Å². The lowest BCUT2D eigenvalue weighted by atomic mass is 9.94. The topological polar surface area (TPSA) is 44.8 Å². The van der Waals surface area contributed by atoms with E-state index >= 15 is 0 Å². The molecule has 0 amide bonds. The van der Waals surface area contributed by atoms with Gasteiger partial charge in [0.15, 0.2) is 6.29 Å². The lowest BCUT2D eigenvalue weighted by molar-refractivity contribution is -0.143. The average molecular weight is 395 g/mol. The molecule has 2 aromatic carbocycles. The van der Waals surface area contributed by atoms with Gasteiger partial charge in [0.1, 0.15) is 5.75 Å². The molecule has 0 spiro atoms. The summed E-state index contributed by atoms with van der Waals surface area (Å²) < 4.78 is 16.7. The van der Waals surface area contributed by atoms with Crippen LogP contribution in [0.2, 0.25) is 0 Å². The molecule has 0 N–H and O–H groups in total. The molecule has 154 valence electrons. The second-order valence-corrected chi connectivity index (χ2v) is 7.22. The smallest absolute Gasteiger partial charge is 0.306 e. The van der Waals surface area contributed by atoms with Gasteiger partial charge in [-0.1, -0.05) is 54.6 Å². The summed E-state index contributed by atoms with van der Waals surface area (Å²) in [6.07, 6.45) is 8.39. The van der Waals surface area contributed by atoms with Crippen LogP contribution < -0.4 is 4.74 Å². The van der Waals surface area contributed by atoms with Crippen molar-refractivity contribution in [3.05, 3.63) is 77.9 Å². The van der Waals surface area contributed by atoms with Gasteiger partial charge in [-0.15, -0.1) is 0 Å². The largest absolute Gasteiger partial charge is 0.466 e. The summed E-state index contributed by atoms with van der Waals surface area (Å²) in [5.74, 6) is 0.583. The number of hydrogen-bond acceptors (Lipinski definition) is 4. The summed E-state index contributed by atoms with van der Waals surface area (Å²) in [5.41, 5.74) is 2.31. The zero-order chi connectivity index (χ0) is 20.3. The molecule has 0 aliphatic carbocycles. The molecule has 2 atom stereocenters. The quantitative estimate of drug-likeness (QED) is 0.420. The first kappa shape index (κ1) is 21.1. The Morgan fingerprint density at radius 3 is 2.62 bits per heavy atom. The van der Waals surface area contributed by atoms with Crippen molar-refractivity contribution >= 4 is 5.97 Å². The fraction of sp³-hybridized carbons (Fsp3) is 0.400. The van der Waals surface area contributed by atoms with E-state index in [4.69, 9.17) is 14.2 Å². The Balaban J connectivity index is 1.66. The van der Waals surface area contributed by atoms with Crippen LogP contribution in [0, 0.1) is 0 Å². The predicted octanol–water partition coefficient (Wildman–Crippen LogP) is 5.43. The molecule has 1 heterocycles. The van der Waals surface area contributed by atoms with Crippen LogP contribution in [0.15, 0.2) is 66.7 Å². The van der Waals surface area contributed by atoms with E-state index in [9.17, 15) is 4.79 Å². The second-order valence-electron chi connectivity index (χ2n) is 7.22. The molecule has 3 rings (SSSR count). The fourth-order valence-corrected chi connectivity index (χ4v) is 3.43. The Labute approximate surface area is 173 Å². The first-order valence-electron chi connectivity index (χ1n) is 10.5. The molecular weight excluding hydrogens is 364 g/mol. The first-order valence-corrected chi connectivity index (χ1v) is 10.5. The maximum Gasteiger partial charge on any atom is 0.306 e. The number of hydrogen-bond donors (Lipinski definition) is 0. The Bertz CT molecular complexity index is 761. The van der Waals surface area contributed by atoms with Crippen LogP contribution in [0.1, 0.15) is 49.7 Å². The number of carbonyl (C=O) groups excluding carboxylic acids is 1. The molecule has 0 aromatic heterocycles. The molecule has 0 radical (unpaired) electrons. The highest BCUT2D eigenvalue weighted by Gasteiger charge is 2.17.